The van der Waals surface area contributed by atoms with Crippen molar-refractivity contribution in [3.63, 3.8) is 0 Å². The van der Waals surface area contributed by atoms with Crippen molar-refractivity contribution in [1.82, 2.24) is 4.98 Å². The van der Waals surface area contributed by atoms with Crippen molar-refractivity contribution in [1.29, 1.82) is 0 Å². The molecule has 1 aromatic heterocycles. The van der Waals surface area contributed by atoms with E-state index >= 15 is 0 Å². The number of aromatic hydroxyl groups is 1. The topological polar surface area (TPSA) is 36.4 Å². The Morgan fingerprint density at radius 2 is 1.94 bits per heavy atom. The molecule has 1 fully saturated rings. The van der Waals surface area contributed by atoms with Gasteiger partial charge in [0.1, 0.15) is 11.6 Å². The minimum Gasteiger partial charge on any atom is -0.508 e. The highest BCUT2D eigenvalue weighted by molar-refractivity contribution is 5.85. The van der Waals surface area contributed by atoms with Crippen LogP contribution in [0.25, 0.3) is 10.9 Å². The Morgan fingerprint density at radius 3 is 2.71 bits per heavy atom. The number of rotatable bonds is 1. The van der Waals surface area contributed by atoms with E-state index in [9.17, 15) is 5.11 Å². The Balaban J connectivity index is 2.13. The molecule has 17 heavy (non-hydrogen) atoms. The third-order valence-corrected chi connectivity index (χ3v) is 3.42. The van der Waals surface area contributed by atoms with Gasteiger partial charge in [-0.1, -0.05) is 0 Å². The molecule has 3 heteroatoms. The van der Waals surface area contributed by atoms with Crippen LogP contribution in [-0.2, 0) is 0 Å². The van der Waals surface area contributed by atoms with E-state index in [1.165, 1.54) is 18.4 Å². The van der Waals surface area contributed by atoms with Crippen molar-refractivity contribution in [3.8, 4) is 5.75 Å². The average molecular weight is 228 g/mol. The number of fused-ring (bicyclic) bond motifs is 1. The number of phenols is 1. The second kappa shape index (κ2) is 3.91. The van der Waals surface area contributed by atoms with Crippen LogP contribution in [0, 0.1) is 6.92 Å². The average Bonchev–Trinajstić information content (AvgIpc) is 2.83. The smallest absolute Gasteiger partial charge is 0.129 e. The van der Waals surface area contributed by atoms with Crippen molar-refractivity contribution in [2.75, 3.05) is 18.0 Å². The molecule has 1 aliphatic heterocycles. The minimum atomic E-state index is 0.302. The van der Waals surface area contributed by atoms with Gasteiger partial charge in [0.25, 0.3) is 0 Å². The quantitative estimate of drug-likeness (QED) is 0.815. The molecule has 88 valence electrons. The molecular weight excluding hydrogens is 212 g/mol. The first kappa shape index (κ1) is 10.4. The summed E-state index contributed by atoms with van der Waals surface area (Å²) in [6, 6.07) is 7.48. The van der Waals surface area contributed by atoms with Crippen LogP contribution in [0.1, 0.15) is 18.4 Å². The van der Waals surface area contributed by atoms with Gasteiger partial charge in [-0.15, -0.1) is 0 Å². The third kappa shape index (κ3) is 1.82. The Morgan fingerprint density at radius 1 is 1.18 bits per heavy atom. The molecule has 1 saturated heterocycles. The molecule has 0 spiro atoms. The van der Waals surface area contributed by atoms with Crippen molar-refractivity contribution in [2.24, 2.45) is 0 Å². The predicted molar refractivity (Wildman–Crippen MR) is 69.6 cm³/mol. The summed E-state index contributed by atoms with van der Waals surface area (Å²) in [5.41, 5.74) is 2.14. The number of aromatic nitrogens is 1. The van der Waals surface area contributed by atoms with E-state index in [4.69, 9.17) is 0 Å². The molecule has 2 aromatic rings. The number of phenolic OH excluding ortho intramolecular Hbond substituents is 1. The first-order valence-corrected chi connectivity index (χ1v) is 6.09. The van der Waals surface area contributed by atoms with Crippen molar-refractivity contribution in [3.05, 3.63) is 29.8 Å². The van der Waals surface area contributed by atoms with Crippen molar-refractivity contribution < 1.29 is 5.11 Å². The van der Waals surface area contributed by atoms with Gasteiger partial charge in [0.05, 0.1) is 5.52 Å². The van der Waals surface area contributed by atoms with E-state index in [0.717, 1.165) is 29.8 Å². The van der Waals surface area contributed by atoms with Crippen molar-refractivity contribution >= 4 is 16.7 Å². The fraction of sp³-hybridized carbons (Fsp3) is 0.357. The lowest BCUT2D eigenvalue weighted by atomic mass is 10.1. The van der Waals surface area contributed by atoms with E-state index in [0.29, 0.717) is 5.75 Å². The van der Waals surface area contributed by atoms with E-state index in [2.05, 4.69) is 22.9 Å². The van der Waals surface area contributed by atoms with E-state index in [1.807, 2.05) is 6.07 Å². The van der Waals surface area contributed by atoms with Gasteiger partial charge < -0.3 is 10.0 Å². The van der Waals surface area contributed by atoms with Crippen LogP contribution in [0.3, 0.4) is 0 Å². The molecule has 0 bridgehead atoms. The molecule has 2 heterocycles. The zero-order valence-corrected chi connectivity index (χ0v) is 9.98. The van der Waals surface area contributed by atoms with Crippen LogP contribution in [0.2, 0.25) is 0 Å². The first-order valence-electron chi connectivity index (χ1n) is 6.09. The number of nitrogens with zero attached hydrogens (tertiary/aromatic N) is 2. The summed E-state index contributed by atoms with van der Waals surface area (Å²) in [6.45, 7) is 4.29. The lowest BCUT2D eigenvalue weighted by Crippen LogP contribution is -2.19. The van der Waals surface area contributed by atoms with Gasteiger partial charge >= 0.3 is 0 Å². The maximum Gasteiger partial charge on any atom is 0.129 e. The van der Waals surface area contributed by atoms with Crippen LogP contribution in [0.4, 0.5) is 5.82 Å². The number of benzene rings is 1. The van der Waals surface area contributed by atoms with Gasteiger partial charge in [-0.2, -0.15) is 0 Å². The normalized spacial score (nSPS) is 15.7. The van der Waals surface area contributed by atoms with Crippen LogP contribution in [-0.4, -0.2) is 23.2 Å². The highest BCUT2D eigenvalue weighted by Gasteiger charge is 2.14. The van der Waals surface area contributed by atoms with Gasteiger partial charge in [0.15, 0.2) is 0 Å². The number of aryl methyl sites for hydroxylation is 1. The summed E-state index contributed by atoms with van der Waals surface area (Å²) >= 11 is 0. The van der Waals surface area contributed by atoms with E-state index in [-0.39, 0.29) is 0 Å². The molecule has 0 atom stereocenters. The number of hydrogen-bond acceptors (Lipinski definition) is 3. The van der Waals surface area contributed by atoms with Gasteiger partial charge in [0, 0.05) is 18.5 Å². The highest BCUT2D eigenvalue weighted by Crippen LogP contribution is 2.27. The molecule has 1 N–H and O–H groups in total. The van der Waals surface area contributed by atoms with Crippen LogP contribution >= 0.6 is 0 Å². The van der Waals surface area contributed by atoms with Crippen LogP contribution in [0.5, 0.6) is 5.75 Å². The Bertz CT molecular complexity index is 559. The lowest BCUT2D eigenvalue weighted by molar-refractivity contribution is 0.476. The van der Waals surface area contributed by atoms with Gasteiger partial charge in [-0.05, 0) is 49.6 Å². The molecule has 0 unspecified atom stereocenters. The summed E-state index contributed by atoms with van der Waals surface area (Å²) in [6.07, 6.45) is 2.52. The number of anilines is 1. The molecule has 1 aliphatic rings. The van der Waals surface area contributed by atoms with Gasteiger partial charge in [0.2, 0.25) is 0 Å². The van der Waals surface area contributed by atoms with Crippen molar-refractivity contribution in [2.45, 2.75) is 19.8 Å². The minimum absolute atomic E-state index is 0.302. The highest BCUT2D eigenvalue weighted by atomic mass is 16.3. The summed E-state index contributed by atoms with van der Waals surface area (Å²) in [5, 5.41) is 10.5. The fourth-order valence-corrected chi connectivity index (χ4v) is 2.47. The molecule has 3 rings (SSSR count). The lowest BCUT2D eigenvalue weighted by Gasteiger charge is -2.17. The van der Waals surface area contributed by atoms with Crippen LogP contribution in [0.15, 0.2) is 24.3 Å². The zero-order chi connectivity index (χ0) is 11.8. The SMILES string of the molecule is Cc1cc(N2CCCC2)nc2ccc(O)cc12. The third-order valence-electron chi connectivity index (χ3n) is 3.42. The second-order valence-electron chi connectivity index (χ2n) is 4.69. The standard InChI is InChI=1S/C14H16N2O/c1-10-8-14(16-6-2-3-7-16)15-13-5-4-11(17)9-12(10)13/h4-5,8-9,17H,2-3,6-7H2,1H3. The monoisotopic (exact) mass is 228 g/mol. The predicted octanol–water partition coefficient (Wildman–Crippen LogP) is 2.85. The molecule has 0 saturated carbocycles. The fourth-order valence-electron chi connectivity index (χ4n) is 2.47. The van der Waals surface area contributed by atoms with E-state index < -0.39 is 0 Å². The molecule has 0 aliphatic carbocycles. The molecule has 3 nitrogen and oxygen atoms in total. The summed E-state index contributed by atoms with van der Waals surface area (Å²) in [5.74, 6) is 1.37. The maximum atomic E-state index is 9.50. The van der Waals surface area contributed by atoms with Gasteiger partial charge in [-0.3, -0.25) is 0 Å². The molecule has 0 amide bonds. The van der Waals surface area contributed by atoms with E-state index in [1.54, 1.807) is 12.1 Å². The summed E-state index contributed by atoms with van der Waals surface area (Å²) in [7, 11) is 0. The Kier molecular flexibility index (Phi) is 2.39. The molecular formula is C14H16N2O. The summed E-state index contributed by atoms with van der Waals surface area (Å²) < 4.78 is 0. The zero-order valence-electron chi connectivity index (χ0n) is 9.98. The Labute approximate surface area is 101 Å². The second-order valence-corrected chi connectivity index (χ2v) is 4.69. The first-order chi connectivity index (χ1) is 8.24. The molecule has 1 aromatic carbocycles. The number of pyridine rings is 1. The summed E-state index contributed by atoms with van der Waals surface area (Å²) in [4.78, 5) is 7.01. The van der Waals surface area contributed by atoms with Crippen LogP contribution < -0.4 is 4.90 Å². The molecule has 0 radical (unpaired) electrons. The maximum absolute atomic E-state index is 9.50. The largest absolute Gasteiger partial charge is 0.508 e. The van der Waals surface area contributed by atoms with Gasteiger partial charge in [-0.25, -0.2) is 4.98 Å². The number of hydrogen-bond donors (Lipinski definition) is 1. The Hall–Kier alpha value is -1.77.